The van der Waals surface area contributed by atoms with Gasteiger partial charge in [0.25, 0.3) is 0 Å². The number of ether oxygens (including phenoxy) is 1. The van der Waals surface area contributed by atoms with Crippen molar-refractivity contribution < 1.29 is 17.9 Å². The van der Waals surface area contributed by atoms with Crippen molar-refractivity contribution in [3.8, 4) is 5.75 Å². The molecule has 1 aromatic carbocycles. The van der Waals surface area contributed by atoms with E-state index in [2.05, 4.69) is 5.10 Å². The number of nitrogens with two attached hydrogens (primary N) is 1. The summed E-state index contributed by atoms with van der Waals surface area (Å²) in [5.41, 5.74) is 5.38. The molecular weight excluding hydrogens is 307 g/mol. The van der Waals surface area contributed by atoms with E-state index in [9.17, 15) is 13.2 Å². The molecule has 2 rings (SSSR count). The van der Waals surface area contributed by atoms with Gasteiger partial charge in [-0.15, -0.1) is 12.4 Å². The summed E-state index contributed by atoms with van der Waals surface area (Å²) < 4.78 is 44.1. The Bertz CT molecular complexity index is 555. The molecule has 0 aliphatic rings. The Labute approximate surface area is 126 Å². The topological polar surface area (TPSA) is 53.1 Å². The largest absolute Gasteiger partial charge is 0.489 e. The quantitative estimate of drug-likeness (QED) is 0.921. The van der Waals surface area contributed by atoms with Crippen LogP contribution in [0.5, 0.6) is 5.75 Å². The summed E-state index contributed by atoms with van der Waals surface area (Å²) in [6.07, 6.45) is -1.10. The van der Waals surface area contributed by atoms with Crippen molar-refractivity contribution in [3.05, 3.63) is 47.8 Å². The average molecular weight is 322 g/mol. The molecule has 116 valence electrons. The van der Waals surface area contributed by atoms with Crippen LogP contribution in [0.4, 0.5) is 13.2 Å². The highest BCUT2D eigenvalue weighted by Gasteiger charge is 2.29. The lowest BCUT2D eigenvalue weighted by atomic mass is 10.1. The number of benzene rings is 1. The lowest BCUT2D eigenvalue weighted by molar-refractivity contribution is -0.137. The molecule has 1 aromatic heterocycles. The molecule has 21 heavy (non-hydrogen) atoms. The normalized spacial score (nSPS) is 11.0. The lowest BCUT2D eigenvalue weighted by Gasteiger charge is -2.07. The zero-order valence-corrected chi connectivity index (χ0v) is 11.8. The number of aromatic nitrogens is 2. The van der Waals surface area contributed by atoms with Crippen LogP contribution in [-0.2, 0) is 12.7 Å². The Hall–Kier alpha value is -1.73. The van der Waals surface area contributed by atoms with Crippen LogP contribution in [0.2, 0.25) is 0 Å². The van der Waals surface area contributed by atoms with E-state index in [4.69, 9.17) is 10.5 Å². The number of alkyl halides is 3. The molecular formula is C13H15ClF3N3O. The van der Waals surface area contributed by atoms with Gasteiger partial charge in [-0.1, -0.05) is 12.1 Å². The van der Waals surface area contributed by atoms with Crippen molar-refractivity contribution in [2.24, 2.45) is 5.73 Å². The number of hydrogen-bond donors (Lipinski definition) is 1. The SMILES string of the molecule is Cl.NCCOc1cnn(Cc2ccc(C(F)(F)F)cc2)c1. The molecule has 0 aliphatic heterocycles. The fraction of sp³-hybridized carbons (Fsp3) is 0.308. The van der Waals surface area contributed by atoms with Gasteiger partial charge in [-0.25, -0.2) is 0 Å². The lowest BCUT2D eigenvalue weighted by Crippen LogP contribution is -2.10. The third-order valence-electron chi connectivity index (χ3n) is 2.62. The number of nitrogens with zero attached hydrogens (tertiary/aromatic N) is 2. The van der Waals surface area contributed by atoms with Gasteiger partial charge in [0.1, 0.15) is 6.61 Å². The third-order valence-corrected chi connectivity index (χ3v) is 2.62. The van der Waals surface area contributed by atoms with E-state index in [0.29, 0.717) is 25.4 Å². The Balaban J connectivity index is 0.00000220. The van der Waals surface area contributed by atoms with E-state index in [1.807, 2.05) is 0 Å². The highest BCUT2D eigenvalue weighted by Crippen LogP contribution is 2.29. The van der Waals surface area contributed by atoms with Crippen LogP contribution in [0.25, 0.3) is 0 Å². The molecule has 0 unspecified atom stereocenters. The average Bonchev–Trinajstić information content (AvgIpc) is 2.83. The Kier molecular flexibility index (Phi) is 6.04. The summed E-state index contributed by atoms with van der Waals surface area (Å²) in [6.45, 7) is 1.18. The van der Waals surface area contributed by atoms with E-state index in [0.717, 1.165) is 17.7 Å². The molecule has 0 aliphatic carbocycles. The van der Waals surface area contributed by atoms with Gasteiger partial charge in [0.15, 0.2) is 5.75 Å². The number of rotatable bonds is 5. The first kappa shape index (κ1) is 17.3. The molecule has 0 radical (unpaired) electrons. The summed E-state index contributed by atoms with van der Waals surface area (Å²) in [6, 6.07) is 4.99. The second kappa shape index (κ2) is 7.33. The third kappa shape index (κ3) is 4.95. The highest BCUT2D eigenvalue weighted by molar-refractivity contribution is 5.85. The van der Waals surface area contributed by atoms with E-state index >= 15 is 0 Å². The van der Waals surface area contributed by atoms with Crippen molar-refractivity contribution in [2.75, 3.05) is 13.2 Å². The first-order valence-corrected chi connectivity index (χ1v) is 6.00. The van der Waals surface area contributed by atoms with Gasteiger partial charge in [0.05, 0.1) is 24.5 Å². The molecule has 4 nitrogen and oxygen atoms in total. The predicted molar refractivity (Wildman–Crippen MR) is 74.6 cm³/mol. The molecule has 0 saturated carbocycles. The van der Waals surface area contributed by atoms with Crippen molar-refractivity contribution in [1.29, 1.82) is 0 Å². The fourth-order valence-electron chi connectivity index (χ4n) is 1.67. The molecule has 0 bridgehead atoms. The second-order valence-corrected chi connectivity index (χ2v) is 4.21. The zero-order valence-electron chi connectivity index (χ0n) is 11.0. The molecule has 0 atom stereocenters. The first-order chi connectivity index (χ1) is 9.49. The number of halogens is 4. The van der Waals surface area contributed by atoms with Crippen molar-refractivity contribution in [1.82, 2.24) is 9.78 Å². The van der Waals surface area contributed by atoms with Crippen LogP contribution >= 0.6 is 12.4 Å². The summed E-state index contributed by atoms with van der Waals surface area (Å²) in [5, 5.41) is 4.06. The van der Waals surface area contributed by atoms with Crippen molar-refractivity contribution in [2.45, 2.75) is 12.7 Å². The minimum atomic E-state index is -4.31. The van der Waals surface area contributed by atoms with E-state index in [1.165, 1.54) is 12.1 Å². The van der Waals surface area contributed by atoms with Gasteiger partial charge >= 0.3 is 6.18 Å². The summed E-state index contributed by atoms with van der Waals surface area (Å²) in [4.78, 5) is 0. The van der Waals surface area contributed by atoms with Crippen LogP contribution in [0, 0.1) is 0 Å². The van der Waals surface area contributed by atoms with Gasteiger partial charge in [-0.05, 0) is 17.7 Å². The Morgan fingerprint density at radius 2 is 1.86 bits per heavy atom. The van der Waals surface area contributed by atoms with E-state index < -0.39 is 11.7 Å². The van der Waals surface area contributed by atoms with E-state index in [-0.39, 0.29) is 12.4 Å². The second-order valence-electron chi connectivity index (χ2n) is 4.21. The maximum Gasteiger partial charge on any atom is 0.416 e. The van der Waals surface area contributed by atoms with Crippen LogP contribution in [0.1, 0.15) is 11.1 Å². The maximum absolute atomic E-state index is 12.4. The molecule has 2 aromatic rings. The Morgan fingerprint density at radius 1 is 1.19 bits per heavy atom. The fourth-order valence-corrected chi connectivity index (χ4v) is 1.67. The van der Waals surface area contributed by atoms with Crippen LogP contribution in [0.3, 0.4) is 0 Å². The highest BCUT2D eigenvalue weighted by atomic mass is 35.5. The van der Waals surface area contributed by atoms with Gasteiger partial charge in [-0.2, -0.15) is 18.3 Å². The van der Waals surface area contributed by atoms with Crippen molar-refractivity contribution in [3.63, 3.8) is 0 Å². The summed E-state index contributed by atoms with van der Waals surface area (Å²) in [7, 11) is 0. The van der Waals surface area contributed by atoms with Crippen LogP contribution in [-0.4, -0.2) is 22.9 Å². The smallest absolute Gasteiger partial charge is 0.416 e. The first-order valence-electron chi connectivity index (χ1n) is 6.00. The minimum Gasteiger partial charge on any atom is -0.489 e. The molecule has 1 heterocycles. The molecule has 0 fully saturated rings. The van der Waals surface area contributed by atoms with Gasteiger partial charge < -0.3 is 10.5 Å². The monoisotopic (exact) mass is 321 g/mol. The minimum absolute atomic E-state index is 0. The van der Waals surface area contributed by atoms with E-state index in [1.54, 1.807) is 17.1 Å². The molecule has 0 saturated heterocycles. The molecule has 0 amide bonds. The molecule has 2 N–H and O–H groups in total. The van der Waals surface area contributed by atoms with Crippen LogP contribution < -0.4 is 10.5 Å². The van der Waals surface area contributed by atoms with Gasteiger partial charge in [0.2, 0.25) is 0 Å². The van der Waals surface area contributed by atoms with Gasteiger partial charge in [0, 0.05) is 6.54 Å². The number of hydrogen-bond acceptors (Lipinski definition) is 3. The van der Waals surface area contributed by atoms with Crippen molar-refractivity contribution >= 4 is 12.4 Å². The Morgan fingerprint density at radius 3 is 2.43 bits per heavy atom. The van der Waals surface area contributed by atoms with Crippen LogP contribution in [0.15, 0.2) is 36.7 Å². The maximum atomic E-state index is 12.4. The predicted octanol–water partition coefficient (Wildman–Crippen LogP) is 2.71. The molecule has 8 heteroatoms. The summed E-state index contributed by atoms with van der Waals surface area (Å²) >= 11 is 0. The zero-order chi connectivity index (χ0) is 14.6. The van der Waals surface area contributed by atoms with Gasteiger partial charge in [-0.3, -0.25) is 4.68 Å². The standard InChI is InChI=1S/C13H14F3N3O.ClH/c14-13(15,16)11-3-1-10(2-4-11)8-19-9-12(7-18-19)20-6-5-17;/h1-4,7,9H,5-6,8,17H2;1H. The molecule has 0 spiro atoms. The summed E-state index contributed by atoms with van der Waals surface area (Å²) in [5.74, 6) is 0.586.